The zero-order chi connectivity index (χ0) is 24.1. The van der Waals surface area contributed by atoms with Crippen LogP contribution in [-0.2, 0) is 25.6 Å². The summed E-state index contributed by atoms with van der Waals surface area (Å²) in [5.41, 5.74) is 8.11. The van der Waals surface area contributed by atoms with Gasteiger partial charge in [-0.2, -0.15) is 12.6 Å². The second-order valence-corrected chi connectivity index (χ2v) is 8.54. The molecule has 1 fully saturated rings. The summed E-state index contributed by atoms with van der Waals surface area (Å²) in [6.07, 6.45) is 3.24. The topological polar surface area (TPSA) is 158 Å². The number of carbonyl (C=O) groups is 4. The third kappa shape index (κ3) is 5.66. The van der Waals surface area contributed by atoms with Crippen LogP contribution in [0.1, 0.15) is 25.3 Å². The first-order valence-electron chi connectivity index (χ1n) is 10.8. The van der Waals surface area contributed by atoms with E-state index in [1.165, 1.54) is 11.8 Å². The summed E-state index contributed by atoms with van der Waals surface area (Å²) >= 11 is 4.09. The Hall–Kier alpha value is -3.05. The molecular weight excluding hydrogens is 446 g/mol. The van der Waals surface area contributed by atoms with Gasteiger partial charge in [-0.1, -0.05) is 18.2 Å². The summed E-state index contributed by atoms with van der Waals surface area (Å²) in [5.74, 6) is -2.68. The molecular formula is C22H29N5O5S. The average Bonchev–Trinajstić information content (AvgIpc) is 3.44. The fourth-order valence-corrected chi connectivity index (χ4v) is 4.24. The third-order valence-corrected chi connectivity index (χ3v) is 6.18. The SMILES string of the molecule is CC(NC(=O)C(CS)NC(=O)C1CCCN1C(=O)C(N)Cc1c[nH]c2ccccc12)C(=O)O. The van der Waals surface area contributed by atoms with Gasteiger partial charge in [0, 0.05) is 29.4 Å². The van der Waals surface area contributed by atoms with Crippen LogP contribution in [0.2, 0.25) is 0 Å². The van der Waals surface area contributed by atoms with E-state index in [1.54, 1.807) is 0 Å². The highest BCUT2D eigenvalue weighted by Gasteiger charge is 2.37. The molecule has 0 saturated carbocycles. The Balaban J connectivity index is 1.63. The van der Waals surface area contributed by atoms with Gasteiger partial charge in [-0.25, -0.2) is 0 Å². The van der Waals surface area contributed by atoms with Crippen LogP contribution < -0.4 is 16.4 Å². The lowest BCUT2D eigenvalue weighted by atomic mass is 10.0. The van der Waals surface area contributed by atoms with Gasteiger partial charge in [-0.3, -0.25) is 19.2 Å². The van der Waals surface area contributed by atoms with Crippen LogP contribution in [0.5, 0.6) is 0 Å². The molecule has 2 aromatic rings. The van der Waals surface area contributed by atoms with Crippen molar-refractivity contribution in [1.29, 1.82) is 0 Å². The molecule has 3 amide bonds. The van der Waals surface area contributed by atoms with Crippen LogP contribution in [0.15, 0.2) is 30.5 Å². The summed E-state index contributed by atoms with van der Waals surface area (Å²) in [5, 5.41) is 14.9. The molecule has 178 valence electrons. The smallest absolute Gasteiger partial charge is 0.325 e. The van der Waals surface area contributed by atoms with E-state index in [9.17, 15) is 19.2 Å². The third-order valence-electron chi connectivity index (χ3n) is 5.82. The van der Waals surface area contributed by atoms with Gasteiger partial charge in [0.25, 0.3) is 0 Å². The molecule has 1 aromatic heterocycles. The summed E-state index contributed by atoms with van der Waals surface area (Å²) in [6.45, 7) is 1.72. The minimum absolute atomic E-state index is 0.0232. The lowest BCUT2D eigenvalue weighted by molar-refractivity contribution is -0.142. The van der Waals surface area contributed by atoms with Gasteiger partial charge in [0.2, 0.25) is 17.7 Å². The highest BCUT2D eigenvalue weighted by Crippen LogP contribution is 2.22. The Morgan fingerprint density at radius 2 is 2.00 bits per heavy atom. The first-order chi connectivity index (χ1) is 15.7. The van der Waals surface area contributed by atoms with E-state index in [0.29, 0.717) is 25.8 Å². The number of aromatic amines is 1. The molecule has 0 bridgehead atoms. The maximum absolute atomic E-state index is 13.1. The number of hydrogen-bond donors (Lipinski definition) is 6. The molecule has 1 aliphatic rings. The summed E-state index contributed by atoms with van der Waals surface area (Å²) in [4.78, 5) is 53.9. The standard InChI is InChI=1S/C22H29N5O5S/c1-12(22(31)32)25-19(28)17(11-33)26-20(29)18-7-4-8-27(18)21(30)15(23)9-13-10-24-16-6-3-2-5-14(13)16/h2-3,5-6,10,12,15,17-18,24,33H,4,7-9,11,23H2,1H3,(H,25,28)(H,26,29)(H,31,32). The van der Waals surface area contributed by atoms with E-state index in [2.05, 4.69) is 28.2 Å². The van der Waals surface area contributed by atoms with Crippen molar-refractivity contribution in [3.63, 3.8) is 0 Å². The number of para-hydroxylation sites is 1. The van der Waals surface area contributed by atoms with E-state index < -0.39 is 42.0 Å². The molecule has 11 heteroatoms. The number of likely N-dealkylation sites (tertiary alicyclic amines) is 1. The van der Waals surface area contributed by atoms with Crippen molar-refractivity contribution >= 4 is 47.2 Å². The minimum Gasteiger partial charge on any atom is -0.480 e. The molecule has 0 spiro atoms. The van der Waals surface area contributed by atoms with Gasteiger partial charge in [0.15, 0.2) is 0 Å². The first kappa shape index (κ1) is 24.6. The number of carboxylic acids is 1. The summed E-state index contributed by atoms with van der Waals surface area (Å²) in [6, 6.07) is 4.03. The van der Waals surface area contributed by atoms with Gasteiger partial charge in [-0.15, -0.1) is 0 Å². The van der Waals surface area contributed by atoms with E-state index in [0.717, 1.165) is 16.5 Å². The maximum Gasteiger partial charge on any atom is 0.325 e. The number of amides is 3. The van der Waals surface area contributed by atoms with Crippen LogP contribution in [0.4, 0.5) is 0 Å². The number of carboxylic acid groups (broad SMARTS) is 1. The van der Waals surface area contributed by atoms with Gasteiger partial charge in [0.1, 0.15) is 18.1 Å². The molecule has 33 heavy (non-hydrogen) atoms. The monoisotopic (exact) mass is 475 g/mol. The number of benzene rings is 1. The number of nitrogens with zero attached hydrogens (tertiary/aromatic N) is 1. The molecule has 1 saturated heterocycles. The quantitative estimate of drug-likeness (QED) is 0.281. The Morgan fingerprint density at radius 1 is 1.27 bits per heavy atom. The molecule has 4 unspecified atom stereocenters. The zero-order valence-corrected chi connectivity index (χ0v) is 19.2. The number of hydrogen-bond acceptors (Lipinski definition) is 6. The predicted octanol–water partition coefficient (Wildman–Crippen LogP) is 0.0326. The first-order valence-corrected chi connectivity index (χ1v) is 11.4. The van der Waals surface area contributed by atoms with Gasteiger partial charge >= 0.3 is 5.97 Å². The number of carbonyl (C=O) groups excluding carboxylic acids is 3. The summed E-state index contributed by atoms with van der Waals surface area (Å²) < 4.78 is 0. The van der Waals surface area contributed by atoms with Crippen molar-refractivity contribution in [3.05, 3.63) is 36.0 Å². The van der Waals surface area contributed by atoms with Crippen LogP contribution in [0.25, 0.3) is 10.9 Å². The number of aromatic nitrogens is 1. The molecule has 6 N–H and O–H groups in total. The Bertz CT molecular complexity index is 1040. The molecule has 0 aliphatic carbocycles. The van der Waals surface area contributed by atoms with Crippen molar-refractivity contribution in [1.82, 2.24) is 20.5 Å². The minimum atomic E-state index is -1.19. The molecule has 10 nitrogen and oxygen atoms in total. The van der Waals surface area contributed by atoms with Crippen molar-refractivity contribution in [2.24, 2.45) is 5.73 Å². The average molecular weight is 476 g/mol. The van der Waals surface area contributed by atoms with Gasteiger partial charge in [0.05, 0.1) is 6.04 Å². The normalized spacial score (nSPS) is 18.5. The van der Waals surface area contributed by atoms with Crippen LogP contribution in [0.3, 0.4) is 0 Å². The van der Waals surface area contributed by atoms with Crippen molar-refractivity contribution in [2.75, 3.05) is 12.3 Å². The molecule has 1 aromatic carbocycles. The Morgan fingerprint density at radius 3 is 2.70 bits per heavy atom. The fraction of sp³-hybridized carbons (Fsp3) is 0.455. The zero-order valence-electron chi connectivity index (χ0n) is 18.3. The van der Waals surface area contributed by atoms with Crippen molar-refractivity contribution in [3.8, 4) is 0 Å². The second kappa shape index (κ2) is 10.7. The van der Waals surface area contributed by atoms with Gasteiger partial charge in [-0.05, 0) is 37.8 Å². The van der Waals surface area contributed by atoms with Crippen LogP contribution >= 0.6 is 12.6 Å². The largest absolute Gasteiger partial charge is 0.480 e. The lowest BCUT2D eigenvalue weighted by Crippen LogP contribution is -2.57. The van der Waals surface area contributed by atoms with Crippen molar-refractivity contribution < 1.29 is 24.3 Å². The Labute approximate surface area is 196 Å². The number of nitrogens with one attached hydrogen (secondary N) is 3. The number of H-pyrrole nitrogens is 1. The number of aliphatic carboxylic acids is 1. The summed E-state index contributed by atoms with van der Waals surface area (Å²) in [7, 11) is 0. The highest BCUT2D eigenvalue weighted by molar-refractivity contribution is 7.80. The van der Waals surface area contributed by atoms with E-state index in [1.807, 2.05) is 30.5 Å². The number of rotatable bonds is 9. The molecule has 4 atom stereocenters. The second-order valence-electron chi connectivity index (χ2n) is 8.17. The molecule has 3 rings (SSSR count). The fourth-order valence-electron chi connectivity index (χ4n) is 3.98. The number of nitrogens with two attached hydrogens (primary N) is 1. The van der Waals surface area contributed by atoms with Gasteiger partial charge < -0.3 is 31.4 Å². The Kier molecular flexibility index (Phi) is 7.98. The van der Waals surface area contributed by atoms with Crippen molar-refractivity contribution in [2.45, 2.75) is 50.4 Å². The maximum atomic E-state index is 13.1. The van der Waals surface area contributed by atoms with Crippen LogP contribution in [-0.4, -0.2) is 75.1 Å². The van der Waals surface area contributed by atoms with E-state index in [-0.39, 0.29) is 11.7 Å². The van der Waals surface area contributed by atoms with E-state index in [4.69, 9.17) is 10.8 Å². The number of fused-ring (bicyclic) bond motifs is 1. The highest BCUT2D eigenvalue weighted by atomic mass is 32.1. The molecule has 2 heterocycles. The van der Waals surface area contributed by atoms with Crippen LogP contribution in [0, 0.1) is 0 Å². The van der Waals surface area contributed by atoms with E-state index >= 15 is 0 Å². The predicted molar refractivity (Wildman–Crippen MR) is 126 cm³/mol. The number of thiol groups is 1. The molecule has 0 radical (unpaired) electrons. The molecule has 1 aliphatic heterocycles. The lowest BCUT2D eigenvalue weighted by Gasteiger charge is -2.28.